The maximum Gasteiger partial charge on any atom is 0.337 e. The molecule has 8 rings (SSSR count). The summed E-state index contributed by atoms with van der Waals surface area (Å²) in [6.45, 7) is 0. The number of phenols is 3. The Balaban J connectivity index is 1.22. The molecule has 388 valence electrons. The Hall–Kier alpha value is -9.28. The maximum atomic E-state index is 12.8. The van der Waals surface area contributed by atoms with Crippen molar-refractivity contribution >= 4 is 136 Å². The minimum atomic E-state index is -5.42. The van der Waals surface area contributed by atoms with Crippen molar-refractivity contribution in [3.05, 3.63) is 120 Å². The number of hydrogen-bond acceptors (Lipinski definition) is 22. The molecule has 0 fully saturated rings. The number of aromatic hydroxyl groups is 3. The van der Waals surface area contributed by atoms with Crippen LogP contribution in [0.2, 0.25) is 0 Å². The summed E-state index contributed by atoms with van der Waals surface area (Å²) in [7, 11) is -21.1. The van der Waals surface area contributed by atoms with Gasteiger partial charge in [0.1, 0.15) is 48.0 Å². The Morgan fingerprint density at radius 2 is 0.842 bits per heavy atom. The van der Waals surface area contributed by atoms with Crippen LogP contribution in [0.25, 0.3) is 32.3 Å². The highest BCUT2D eigenvalue weighted by atomic mass is 32.2. The smallest absolute Gasteiger partial charge is 0.337 e. The van der Waals surface area contributed by atoms with E-state index >= 15 is 0 Å². The van der Waals surface area contributed by atoms with E-state index in [2.05, 4.69) is 40.9 Å². The summed E-state index contributed by atoms with van der Waals surface area (Å²) in [6, 6.07) is 19.6. The van der Waals surface area contributed by atoms with Gasteiger partial charge in [-0.3, -0.25) is 18.2 Å². The number of carboxylic acid groups (broad SMARTS) is 2. The number of anilines is 1. The Labute approximate surface area is 424 Å². The molecule has 8 aromatic carbocycles. The number of nitrogens with two attached hydrogens (primary N) is 1. The first-order valence-corrected chi connectivity index (χ1v) is 26.2. The number of benzene rings is 8. The SMILES string of the molecule is Nc1c(N=Nc2ccc3cc(S(=O)(=O)O)c(N=Nc4ccc(C(=O)O)cc4)c(O)c3c2)c(S(=O)(=O)O)cc2cc(S(=O)(=O)O)c(N=Nc3ccc4c(O)c(N=Nc5ccccc5C(=O)O)c(S(=O)(=O)O)cc4c3)c(O)c12. The molecule has 0 aliphatic carbocycles. The van der Waals surface area contributed by atoms with E-state index < -0.39 is 128 Å². The Morgan fingerprint density at radius 3 is 1.39 bits per heavy atom. The third-order valence-corrected chi connectivity index (χ3v) is 14.3. The van der Waals surface area contributed by atoms with Crippen LogP contribution >= 0.6 is 0 Å². The van der Waals surface area contributed by atoms with E-state index in [9.17, 15) is 81.9 Å². The molecule has 0 spiro atoms. The summed E-state index contributed by atoms with van der Waals surface area (Å²) in [4.78, 5) is 18.6. The van der Waals surface area contributed by atoms with Gasteiger partial charge in [-0.05, 0) is 107 Å². The number of azo groups is 4. The lowest BCUT2D eigenvalue weighted by atomic mass is 10.0. The number of nitrogen functional groups attached to an aromatic ring is 1. The van der Waals surface area contributed by atoms with Crippen LogP contribution in [0.4, 0.5) is 51.2 Å². The molecule has 0 amide bonds. The fourth-order valence-electron chi connectivity index (χ4n) is 7.32. The standard InChI is InChI=1S/C44H29N9O19S4/c45-35-34-22(16-30(73(61,62)63)36(35)50-48-25-10-7-20-14-31(74(64,65)66)38(41(55)28(20)18-25)51-46-23-8-5-19(6-9-23)43(57)58)17-33(76(70,71)72)39(42(34)56)52-47-24-11-12-26-21(13-24)15-32(75(67,68)69)37(40(26)54)53-49-29-4-2-1-3-27(29)44(59)60/h1-18,54-56H,45H2,(H,57,58)(H,59,60)(H,61,62,63)(H,64,65,66)(H,67,68,69)(H,70,71,72). The van der Waals surface area contributed by atoms with Gasteiger partial charge < -0.3 is 31.3 Å². The fraction of sp³-hybridized carbons (Fsp3) is 0. The topological polar surface area (TPSA) is 478 Å². The van der Waals surface area contributed by atoms with Gasteiger partial charge in [-0.1, -0.05) is 18.2 Å². The first-order valence-electron chi connectivity index (χ1n) is 20.5. The second kappa shape index (κ2) is 19.5. The predicted molar refractivity (Wildman–Crippen MR) is 264 cm³/mol. The average molecular weight is 1120 g/mol. The zero-order valence-corrected chi connectivity index (χ0v) is 40.6. The van der Waals surface area contributed by atoms with Crippen LogP contribution in [-0.4, -0.2) is 89.4 Å². The largest absolute Gasteiger partial charge is 0.505 e. The van der Waals surface area contributed by atoms with E-state index in [0.717, 1.165) is 54.6 Å². The highest BCUT2D eigenvalue weighted by molar-refractivity contribution is 7.86. The highest BCUT2D eigenvalue weighted by Crippen LogP contribution is 2.50. The molecule has 0 saturated carbocycles. The molecule has 0 aliphatic heterocycles. The molecule has 0 aromatic heterocycles. The van der Waals surface area contributed by atoms with Gasteiger partial charge in [0.2, 0.25) is 0 Å². The van der Waals surface area contributed by atoms with E-state index in [1.165, 1.54) is 42.5 Å². The lowest BCUT2D eigenvalue weighted by molar-refractivity contribution is 0.0686. The van der Waals surface area contributed by atoms with E-state index in [-0.39, 0.29) is 55.4 Å². The van der Waals surface area contributed by atoms with Crippen LogP contribution in [0.5, 0.6) is 17.2 Å². The van der Waals surface area contributed by atoms with Gasteiger partial charge in [0, 0.05) is 10.8 Å². The third-order valence-electron chi connectivity index (χ3n) is 10.8. The van der Waals surface area contributed by atoms with Crippen LogP contribution in [0, 0.1) is 0 Å². The van der Waals surface area contributed by atoms with Crippen LogP contribution in [-0.2, 0) is 40.5 Å². The summed E-state index contributed by atoms with van der Waals surface area (Å²) < 4.78 is 141. The average Bonchev–Trinajstić information content (AvgIpc) is 3.38. The molecule has 0 atom stereocenters. The molecule has 0 bridgehead atoms. The number of rotatable bonds is 14. The minimum absolute atomic E-state index is 0.000947. The molecule has 76 heavy (non-hydrogen) atoms. The summed E-state index contributed by atoms with van der Waals surface area (Å²) in [5.41, 5.74) is 0.788. The number of carbonyl (C=O) groups is 2. The molecule has 0 radical (unpaired) electrons. The Bertz CT molecular complexity index is 4460. The quantitative estimate of drug-likeness (QED) is 0.0275. The van der Waals surface area contributed by atoms with Crippen molar-refractivity contribution in [2.45, 2.75) is 19.6 Å². The van der Waals surface area contributed by atoms with Gasteiger partial charge in [0.15, 0.2) is 17.2 Å². The van der Waals surface area contributed by atoms with Gasteiger partial charge in [-0.15, -0.1) is 25.6 Å². The van der Waals surface area contributed by atoms with Crippen molar-refractivity contribution in [2.75, 3.05) is 5.73 Å². The fourth-order valence-corrected chi connectivity index (χ4v) is 9.97. The molecular weight excluding hydrogens is 1090 g/mol. The van der Waals surface area contributed by atoms with Crippen LogP contribution < -0.4 is 5.73 Å². The highest BCUT2D eigenvalue weighted by Gasteiger charge is 2.29. The van der Waals surface area contributed by atoms with E-state index in [0.29, 0.717) is 12.1 Å². The van der Waals surface area contributed by atoms with Gasteiger partial charge >= 0.3 is 11.9 Å². The van der Waals surface area contributed by atoms with Crippen molar-refractivity contribution < 1.29 is 87.0 Å². The monoisotopic (exact) mass is 1120 g/mol. The van der Waals surface area contributed by atoms with Crippen molar-refractivity contribution in [1.29, 1.82) is 0 Å². The Kier molecular flexibility index (Phi) is 13.6. The van der Waals surface area contributed by atoms with E-state index in [1.54, 1.807) is 0 Å². The first-order chi connectivity index (χ1) is 35.5. The number of phenolic OH excluding ortho intramolecular Hbond substituents is 3. The molecule has 8 aromatic rings. The van der Waals surface area contributed by atoms with Gasteiger partial charge in [0.25, 0.3) is 40.5 Å². The second-order valence-electron chi connectivity index (χ2n) is 15.6. The summed E-state index contributed by atoms with van der Waals surface area (Å²) in [6.07, 6.45) is 0. The van der Waals surface area contributed by atoms with E-state index in [4.69, 9.17) is 10.8 Å². The van der Waals surface area contributed by atoms with E-state index in [1.807, 2.05) is 0 Å². The van der Waals surface area contributed by atoms with Gasteiger partial charge in [-0.25, -0.2) is 9.59 Å². The van der Waals surface area contributed by atoms with Gasteiger partial charge in [-0.2, -0.15) is 49.0 Å². The lowest BCUT2D eigenvalue weighted by Crippen LogP contribution is -2.03. The summed E-state index contributed by atoms with van der Waals surface area (Å²) in [5, 5.41) is 81.4. The zero-order chi connectivity index (χ0) is 55.4. The molecule has 0 saturated heterocycles. The number of fused-ring (bicyclic) bond motifs is 3. The first kappa shape index (κ1) is 53.0. The minimum Gasteiger partial charge on any atom is -0.505 e. The maximum absolute atomic E-state index is 12.8. The van der Waals surface area contributed by atoms with Crippen molar-refractivity contribution in [2.24, 2.45) is 40.9 Å². The van der Waals surface area contributed by atoms with Crippen LogP contribution in [0.1, 0.15) is 20.7 Å². The van der Waals surface area contributed by atoms with Gasteiger partial charge in [0.05, 0.1) is 39.3 Å². The summed E-state index contributed by atoms with van der Waals surface area (Å²) in [5.74, 6) is -5.62. The molecule has 32 heteroatoms. The normalized spacial score (nSPS) is 12.8. The predicted octanol–water partition coefficient (Wildman–Crippen LogP) is 9.89. The molecule has 11 N–H and O–H groups in total. The Morgan fingerprint density at radius 1 is 0.408 bits per heavy atom. The third kappa shape index (κ3) is 10.6. The molecule has 0 aliphatic rings. The second-order valence-corrected chi connectivity index (χ2v) is 21.2. The number of nitrogens with zero attached hydrogens (tertiary/aromatic N) is 8. The summed E-state index contributed by atoms with van der Waals surface area (Å²) >= 11 is 0. The molecular formula is C44H29N9O19S4. The molecule has 28 nitrogen and oxygen atoms in total. The lowest BCUT2D eigenvalue weighted by Gasteiger charge is -2.14. The molecule has 0 unspecified atom stereocenters. The van der Waals surface area contributed by atoms with Crippen molar-refractivity contribution in [3.63, 3.8) is 0 Å². The number of hydrogen-bond donors (Lipinski definition) is 10. The molecule has 0 heterocycles. The van der Waals surface area contributed by atoms with Crippen molar-refractivity contribution in [1.82, 2.24) is 0 Å². The van der Waals surface area contributed by atoms with Crippen LogP contribution in [0.3, 0.4) is 0 Å². The zero-order valence-electron chi connectivity index (χ0n) is 37.3. The number of carboxylic acids is 2. The number of aromatic carboxylic acids is 2. The van der Waals surface area contributed by atoms with Crippen molar-refractivity contribution in [3.8, 4) is 17.2 Å². The van der Waals surface area contributed by atoms with Crippen LogP contribution in [0.15, 0.2) is 170 Å².